The third-order valence-electron chi connectivity index (χ3n) is 8.87. The Morgan fingerprint density at radius 3 is 2.65 bits per heavy atom. The van der Waals surface area contributed by atoms with Gasteiger partial charge in [-0.1, -0.05) is 44.2 Å². The van der Waals surface area contributed by atoms with Crippen LogP contribution in [-0.4, -0.2) is 40.2 Å². The summed E-state index contributed by atoms with van der Waals surface area (Å²) in [5, 5.41) is 22.2. The maximum absolute atomic E-state index is 13.7. The molecule has 1 saturated heterocycles. The lowest BCUT2D eigenvalue weighted by molar-refractivity contribution is -0.158. The lowest BCUT2D eigenvalue weighted by atomic mass is 9.54. The lowest BCUT2D eigenvalue weighted by Gasteiger charge is -2.46. The number of esters is 1. The van der Waals surface area contributed by atoms with Crippen molar-refractivity contribution in [3.63, 3.8) is 0 Å². The minimum absolute atomic E-state index is 0.0685. The molecule has 1 aromatic heterocycles. The van der Waals surface area contributed by atoms with Crippen LogP contribution in [0.15, 0.2) is 48.7 Å². The van der Waals surface area contributed by atoms with Crippen LogP contribution in [0.5, 0.6) is 0 Å². The number of amides is 1. The van der Waals surface area contributed by atoms with E-state index in [2.05, 4.69) is 36.3 Å². The third kappa shape index (κ3) is 4.23. The fourth-order valence-electron chi connectivity index (χ4n) is 6.31. The van der Waals surface area contributed by atoms with Gasteiger partial charge in [-0.15, -0.1) is 0 Å². The van der Waals surface area contributed by atoms with Crippen LogP contribution in [0.4, 0.5) is 0 Å². The Morgan fingerprint density at radius 1 is 1.24 bits per heavy atom. The monoisotopic (exact) mass is 499 g/mol. The van der Waals surface area contributed by atoms with Gasteiger partial charge in [0.15, 0.2) is 5.41 Å². The second kappa shape index (κ2) is 9.42. The van der Waals surface area contributed by atoms with Crippen LogP contribution in [0.1, 0.15) is 51.3 Å². The van der Waals surface area contributed by atoms with Crippen LogP contribution in [0, 0.1) is 40.4 Å². The second-order valence-corrected chi connectivity index (χ2v) is 11.1. The van der Waals surface area contributed by atoms with E-state index in [0.717, 1.165) is 29.7 Å². The number of cyclic esters (lactones) is 1. The molecule has 2 saturated carbocycles. The molecule has 7 nitrogen and oxygen atoms in total. The predicted octanol–water partition coefficient (Wildman–Crippen LogP) is 4.11. The highest BCUT2D eigenvalue weighted by Crippen LogP contribution is 2.57. The van der Waals surface area contributed by atoms with E-state index in [1.807, 2.05) is 43.3 Å². The number of hydrogen-bond acceptors (Lipinski definition) is 6. The highest BCUT2D eigenvalue weighted by atomic mass is 16.6. The summed E-state index contributed by atoms with van der Waals surface area (Å²) in [7, 11) is 0. The van der Waals surface area contributed by atoms with Gasteiger partial charge in [-0.05, 0) is 62.1 Å². The Kier molecular flexibility index (Phi) is 6.41. The number of aliphatic hydroxyl groups excluding tert-OH is 1. The summed E-state index contributed by atoms with van der Waals surface area (Å²) in [6.45, 7) is 6.01. The highest BCUT2D eigenvalue weighted by molar-refractivity contribution is 6.05. The largest absolute Gasteiger partial charge is 0.461 e. The van der Waals surface area contributed by atoms with Gasteiger partial charge in [-0.25, -0.2) is 0 Å². The molecule has 1 aromatic carbocycles. The number of benzene rings is 1. The number of rotatable bonds is 6. The Balaban J connectivity index is 1.44. The van der Waals surface area contributed by atoms with Gasteiger partial charge in [-0.3, -0.25) is 14.6 Å². The lowest BCUT2D eigenvalue weighted by Crippen LogP contribution is -2.58. The smallest absolute Gasteiger partial charge is 0.322 e. The van der Waals surface area contributed by atoms with Crippen LogP contribution in [0.2, 0.25) is 0 Å². The topological polar surface area (TPSA) is 112 Å². The number of ether oxygens (including phenoxy) is 1. The van der Waals surface area contributed by atoms with Gasteiger partial charge < -0.3 is 15.2 Å². The summed E-state index contributed by atoms with van der Waals surface area (Å²) in [5.74, 6) is -0.786. The van der Waals surface area contributed by atoms with Gasteiger partial charge in [0, 0.05) is 23.2 Å². The molecule has 3 fully saturated rings. The number of carbonyl (C=O) groups excluding carboxylic acids is 2. The first-order valence-electron chi connectivity index (χ1n) is 13.0. The fourth-order valence-corrected chi connectivity index (χ4v) is 6.31. The van der Waals surface area contributed by atoms with Gasteiger partial charge in [0.1, 0.15) is 6.10 Å². The molecule has 37 heavy (non-hydrogen) atoms. The fraction of sp³-hybridized carbons (Fsp3) is 0.467. The Morgan fingerprint density at radius 2 is 2.00 bits per heavy atom. The molecule has 192 valence electrons. The molecule has 2 heterocycles. The van der Waals surface area contributed by atoms with E-state index in [4.69, 9.17) is 4.74 Å². The zero-order chi connectivity index (χ0) is 26.4. The standard InChI is InChI=1S/C30H33N3O4/c1-18-14-30(27(35)33-29(17-34)12-13-29)26(20(3)37-28(30)36)24(19(18)2)11-10-23-9-8-22(16-32-23)25-7-5-4-6-21(25)15-31/h4-11,16,18-20,24,26,34H,12-14,17H2,1-3H3,(H,33,35)/b11-10+/t18?,19?,20?,24?,26?,30-/m1/s1. The van der Waals surface area contributed by atoms with Crippen molar-refractivity contribution in [3.8, 4) is 17.2 Å². The van der Waals surface area contributed by atoms with Crippen molar-refractivity contribution in [1.82, 2.24) is 10.3 Å². The van der Waals surface area contributed by atoms with E-state index < -0.39 is 23.0 Å². The molecule has 1 aliphatic heterocycles. The number of nitrogens with one attached hydrogen (secondary N) is 1. The number of allylic oxidation sites excluding steroid dienone is 1. The number of carbonyl (C=O) groups is 2. The predicted molar refractivity (Wildman–Crippen MR) is 139 cm³/mol. The van der Waals surface area contributed by atoms with Crippen LogP contribution >= 0.6 is 0 Å². The molecule has 5 rings (SSSR count). The van der Waals surface area contributed by atoms with Crippen LogP contribution in [0.25, 0.3) is 17.2 Å². The summed E-state index contributed by atoms with van der Waals surface area (Å²) in [6.07, 6.45) is 7.26. The quantitative estimate of drug-likeness (QED) is 0.457. The first-order chi connectivity index (χ1) is 17.7. The Hall–Kier alpha value is -3.50. The maximum Gasteiger partial charge on any atom is 0.322 e. The summed E-state index contributed by atoms with van der Waals surface area (Å²) in [5.41, 5.74) is 1.20. The third-order valence-corrected chi connectivity index (χ3v) is 8.87. The number of fused-ring (bicyclic) bond motifs is 1. The molecule has 0 bridgehead atoms. The second-order valence-electron chi connectivity index (χ2n) is 11.1. The summed E-state index contributed by atoms with van der Waals surface area (Å²) < 4.78 is 5.73. The van der Waals surface area contributed by atoms with E-state index in [1.165, 1.54) is 0 Å². The number of nitrogens with zero attached hydrogens (tertiary/aromatic N) is 2. The van der Waals surface area contributed by atoms with Gasteiger partial charge in [0.05, 0.1) is 29.5 Å². The number of nitriles is 1. The number of pyridine rings is 1. The van der Waals surface area contributed by atoms with Crippen molar-refractivity contribution < 1.29 is 19.4 Å². The summed E-state index contributed by atoms with van der Waals surface area (Å²) >= 11 is 0. The van der Waals surface area contributed by atoms with Gasteiger partial charge in [0.25, 0.3) is 0 Å². The molecule has 2 aromatic rings. The zero-order valence-electron chi connectivity index (χ0n) is 21.5. The first kappa shape index (κ1) is 25.2. The van der Waals surface area contributed by atoms with E-state index >= 15 is 0 Å². The van der Waals surface area contributed by atoms with E-state index in [-0.39, 0.29) is 36.2 Å². The summed E-state index contributed by atoms with van der Waals surface area (Å²) in [6, 6.07) is 13.5. The minimum atomic E-state index is -1.26. The number of aliphatic hydroxyl groups is 1. The molecular weight excluding hydrogens is 466 g/mol. The first-order valence-corrected chi connectivity index (χ1v) is 13.0. The van der Waals surface area contributed by atoms with Crippen molar-refractivity contribution >= 4 is 18.0 Å². The van der Waals surface area contributed by atoms with Gasteiger partial charge in [0.2, 0.25) is 5.91 Å². The molecule has 2 N–H and O–H groups in total. The van der Waals surface area contributed by atoms with Crippen molar-refractivity contribution in [2.24, 2.45) is 29.1 Å². The SMILES string of the molecule is CC1C[C@@]2(C(=O)NC3(CO)CC3)C(=O)OC(C)C2C(/C=C/c2ccc(-c3ccccc3C#N)cn2)C1C. The molecule has 0 spiro atoms. The molecular formula is C30H33N3O4. The Labute approximate surface area is 217 Å². The van der Waals surface area contributed by atoms with Crippen LogP contribution in [0.3, 0.4) is 0 Å². The average Bonchev–Trinajstić information content (AvgIpc) is 3.63. The summed E-state index contributed by atoms with van der Waals surface area (Å²) in [4.78, 5) is 31.6. The highest BCUT2D eigenvalue weighted by Gasteiger charge is 2.67. The normalized spacial score (nSPS) is 31.9. The molecule has 0 radical (unpaired) electrons. The Bertz CT molecular complexity index is 1280. The van der Waals surface area contributed by atoms with E-state index in [9.17, 15) is 20.0 Å². The molecule has 5 unspecified atom stereocenters. The maximum atomic E-state index is 13.7. The van der Waals surface area contributed by atoms with Crippen molar-refractivity contribution in [1.29, 1.82) is 5.26 Å². The molecule has 3 aliphatic rings. The number of hydrogen-bond donors (Lipinski definition) is 2. The van der Waals surface area contributed by atoms with Crippen LogP contribution < -0.4 is 5.32 Å². The minimum Gasteiger partial charge on any atom is -0.461 e. The molecule has 1 amide bonds. The van der Waals surface area contributed by atoms with Gasteiger partial charge in [-0.2, -0.15) is 5.26 Å². The molecule has 7 heteroatoms. The van der Waals surface area contributed by atoms with Crippen molar-refractivity contribution in [2.75, 3.05) is 6.61 Å². The van der Waals surface area contributed by atoms with E-state index in [1.54, 1.807) is 12.3 Å². The molecule has 6 atom stereocenters. The van der Waals surface area contributed by atoms with Gasteiger partial charge >= 0.3 is 5.97 Å². The van der Waals surface area contributed by atoms with Crippen LogP contribution in [-0.2, 0) is 14.3 Å². The zero-order valence-corrected chi connectivity index (χ0v) is 21.5. The van der Waals surface area contributed by atoms with Crippen molar-refractivity contribution in [2.45, 2.75) is 51.7 Å². The molecule has 2 aliphatic carbocycles. The van der Waals surface area contributed by atoms with E-state index in [0.29, 0.717) is 12.0 Å². The number of aromatic nitrogens is 1. The van der Waals surface area contributed by atoms with Crippen molar-refractivity contribution in [3.05, 3.63) is 59.9 Å². The average molecular weight is 500 g/mol.